The number of alkyl halides is 1. The number of ether oxygens (including phenoxy) is 1. The van der Waals surface area contributed by atoms with E-state index in [1.54, 1.807) is 7.11 Å². The molecular weight excluding hydrogens is 231 g/mol. The van der Waals surface area contributed by atoms with Gasteiger partial charge in [-0.15, -0.1) is 0 Å². The lowest BCUT2D eigenvalue weighted by atomic mass is 9.96. The number of methoxy groups -OCH3 is 1. The van der Waals surface area contributed by atoms with Gasteiger partial charge in [-0.3, -0.25) is 0 Å². The second-order valence-corrected chi connectivity index (χ2v) is 5.64. The molecule has 1 heterocycles. The summed E-state index contributed by atoms with van der Waals surface area (Å²) < 4.78 is 19.3. The first kappa shape index (κ1) is 15.9. The van der Waals surface area contributed by atoms with Crippen LogP contribution >= 0.6 is 0 Å². The van der Waals surface area contributed by atoms with Gasteiger partial charge in [0.1, 0.15) is 5.67 Å². The zero-order valence-electron chi connectivity index (χ0n) is 12.2. The summed E-state index contributed by atoms with van der Waals surface area (Å²) in [4.78, 5) is 2.27. The summed E-state index contributed by atoms with van der Waals surface area (Å²) in [7, 11) is 3.67. The molecule has 1 rings (SSSR count). The molecule has 0 spiro atoms. The van der Waals surface area contributed by atoms with Gasteiger partial charge in [0.15, 0.2) is 0 Å². The third kappa shape index (κ3) is 5.63. The van der Waals surface area contributed by atoms with E-state index in [1.165, 1.54) is 12.8 Å². The SMILES string of the molecule is CCC(F)(CCN(C)CC1CCNCC1)COC. The van der Waals surface area contributed by atoms with Gasteiger partial charge in [-0.2, -0.15) is 0 Å². The van der Waals surface area contributed by atoms with E-state index >= 15 is 0 Å². The number of nitrogens with one attached hydrogen (secondary N) is 1. The van der Waals surface area contributed by atoms with Crippen molar-refractivity contribution in [2.24, 2.45) is 5.92 Å². The quantitative estimate of drug-likeness (QED) is 0.723. The van der Waals surface area contributed by atoms with Gasteiger partial charge in [-0.1, -0.05) is 6.92 Å². The average molecular weight is 260 g/mol. The molecule has 0 bridgehead atoms. The van der Waals surface area contributed by atoms with Crippen LogP contribution in [-0.2, 0) is 4.74 Å². The molecule has 0 saturated carbocycles. The van der Waals surface area contributed by atoms with Crippen LogP contribution in [0.5, 0.6) is 0 Å². The largest absolute Gasteiger partial charge is 0.381 e. The molecule has 108 valence electrons. The molecule has 1 aliphatic rings. The Bertz CT molecular complexity index is 222. The number of piperidine rings is 1. The van der Waals surface area contributed by atoms with Gasteiger partial charge in [0.25, 0.3) is 0 Å². The molecule has 0 aliphatic carbocycles. The molecule has 18 heavy (non-hydrogen) atoms. The molecule has 1 saturated heterocycles. The lowest BCUT2D eigenvalue weighted by Gasteiger charge is -2.30. The van der Waals surface area contributed by atoms with Gasteiger partial charge in [-0.05, 0) is 51.7 Å². The Kier molecular flexibility index (Phi) is 7.12. The molecule has 1 fully saturated rings. The van der Waals surface area contributed by atoms with Crippen molar-refractivity contribution in [1.29, 1.82) is 0 Å². The molecule has 0 aromatic heterocycles. The molecule has 1 aliphatic heterocycles. The summed E-state index contributed by atoms with van der Waals surface area (Å²) in [6.07, 6.45) is 3.59. The highest BCUT2D eigenvalue weighted by atomic mass is 19.1. The van der Waals surface area contributed by atoms with Crippen LogP contribution in [0.2, 0.25) is 0 Å². The summed E-state index contributed by atoms with van der Waals surface area (Å²) in [6.45, 7) is 6.27. The van der Waals surface area contributed by atoms with Gasteiger partial charge >= 0.3 is 0 Å². The third-order valence-electron chi connectivity index (χ3n) is 4.01. The van der Waals surface area contributed by atoms with Crippen molar-refractivity contribution in [1.82, 2.24) is 10.2 Å². The maximum absolute atomic E-state index is 14.3. The molecule has 4 heteroatoms. The smallest absolute Gasteiger partial charge is 0.135 e. The highest BCUT2D eigenvalue weighted by Crippen LogP contribution is 2.22. The van der Waals surface area contributed by atoms with Gasteiger partial charge in [-0.25, -0.2) is 4.39 Å². The standard InChI is InChI=1S/C14H29FN2O/c1-4-14(15,12-18-3)7-10-17(2)11-13-5-8-16-9-6-13/h13,16H,4-12H2,1-3H3. The molecule has 0 aromatic carbocycles. The molecule has 0 amide bonds. The second kappa shape index (κ2) is 8.08. The van der Waals surface area contributed by atoms with Crippen LogP contribution in [0.4, 0.5) is 4.39 Å². The minimum absolute atomic E-state index is 0.213. The number of hydrogen-bond donors (Lipinski definition) is 1. The van der Waals surface area contributed by atoms with Gasteiger partial charge < -0.3 is 15.0 Å². The summed E-state index contributed by atoms with van der Waals surface area (Å²) >= 11 is 0. The van der Waals surface area contributed by atoms with E-state index in [0.29, 0.717) is 12.8 Å². The van der Waals surface area contributed by atoms with E-state index in [0.717, 1.165) is 32.1 Å². The first-order valence-electron chi connectivity index (χ1n) is 7.17. The van der Waals surface area contributed by atoms with Crippen LogP contribution in [0, 0.1) is 5.92 Å². The topological polar surface area (TPSA) is 24.5 Å². The van der Waals surface area contributed by atoms with Gasteiger partial charge in [0, 0.05) is 20.2 Å². The Morgan fingerprint density at radius 3 is 2.61 bits per heavy atom. The summed E-state index contributed by atoms with van der Waals surface area (Å²) in [5.74, 6) is 0.773. The molecule has 0 aromatic rings. The summed E-state index contributed by atoms with van der Waals surface area (Å²) in [6, 6.07) is 0. The lowest BCUT2D eigenvalue weighted by Crippen LogP contribution is -2.37. The number of halogens is 1. The van der Waals surface area contributed by atoms with Crippen LogP contribution in [0.15, 0.2) is 0 Å². The number of rotatable bonds is 8. The van der Waals surface area contributed by atoms with Crippen LogP contribution in [0.3, 0.4) is 0 Å². The summed E-state index contributed by atoms with van der Waals surface area (Å²) in [5.41, 5.74) is -1.16. The maximum Gasteiger partial charge on any atom is 0.135 e. The molecule has 1 N–H and O–H groups in total. The third-order valence-corrected chi connectivity index (χ3v) is 4.01. The monoisotopic (exact) mass is 260 g/mol. The maximum atomic E-state index is 14.3. The fourth-order valence-corrected chi connectivity index (χ4v) is 2.60. The number of hydrogen-bond acceptors (Lipinski definition) is 3. The minimum atomic E-state index is -1.16. The summed E-state index contributed by atoms with van der Waals surface area (Å²) in [5, 5.41) is 3.38. The Hall–Kier alpha value is -0.190. The Morgan fingerprint density at radius 1 is 1.39 bits per heavy atom. The molecule has 3 nitrogen and oxygen atoms in total. The number of nitrogens with zero attached hydrogens (tertiary/aromatic N) is 1. The predicted molar refractivity (Wildman–Crippen MR) is 73.7 cm³/mol. The van der Waals surface area contributed by atoms with Crippen molar-refractivity contribution in [2.45, 2.75) is 38.3 Å². The van der Waals surface area contributed by atoms with Crippen LogP contribution in [0.25, 0.3) is 0 Å². The fraction of sp³-hybridized carbons (Fsp3) is 1.00. The zero-order chi connectivity index (χ0) is 13.4. The molecule has 0 radical (unpaired) electrons. The molecule has 1 atom stereocenters. The van der Waals surface area contributed by atoms with Crippen molar-refractivity contribution in [3.63, 3.8) is 0 Å². The van der Waals surface area contributed by atoms with Gasteiger partial charge in [0.05, 0.1) is 6.61 Å². The van der Waals surface area contributed by atoms with E-state index in [4.69, 9.17) is 4.74 Å². The molecule has 1 unspecified atom stereocenters. The first-order valence-corrected chi connectivity index (χ1v) is 7.17. The van der Waals surface area contributed by atoms with Crippen molar-refractivity contribution in [3.8, 4) is 0 Å². The van der Waals surface area contributed by atoms with Crippen LogP contribution in [-0.4, -0.2) is 57.5 Å². The van der Waals surface area contributed by atoms with Crippen molar-refractivity contribution >= 4 is 0 Å². The van der Waals surface area contributed by atoms with Crippen molar-refractivity contribution < 1.29 is 9.13 Å². The van der Waals surface area contributed by atoms with E-state index in [9.17, 15) is 4.39 Å². The lowest BCUT2D eigenvalue weighted by molar-refractivity contribution is 0.0241. The van der Waals surface area contributed by atoms with Crippen LogP contribution < -0.4 is 5.32 Å². The van der Waals surface area contributed by atoms with E-state index < -0.39 is 5.67 Å². The van der Waals surface area contributed by atoms with Crippen molar-refractivity contribution in [3.05, 3.63) is 0 Å². The predicted octanol–water partition coefficient (Wildman–Crippen LogP) is 2.07. The zero-order valence-corrected chi connectivity index (χ0v) is 12.2. The normalized spacial score (nSPS) is 21.2. The van der Waals surface area contributed by atoms with Crippen molar-refractivity contribution in [2.75, 3.05) is 46.9 Å². The first-order chi connectivity index (χ1) is 8.59. The van der Waals surface area contributed by atoms with E-state index in [-0.39, 0.29) is 6.61 Å². The highest BCUT2D eigenvalue weighted by molar-refractivity contribution is 4.79. The Labute approximate surface area is 111 Å². The fourth-order valence-electron chi connectivity index (χ4n) is 2.60. The van der Waals surface area contributed by atoms with E-state index in [1.807, 2.05) is 6.92 Å². The Balaban J connectivity index is 2.24. The molecular formula is C14H29FN2O. The average Bonchev–Trinajstić information content (AvgIpc) is 2.38. The Morgan fingerprint density at radius 2 is 2.06 bits per heavy atom. The highest BCUT2D eigenvalue weighted by Gasteiger charge is 2.27. The van der Waals surface area contributed by atoms with E-state index in [2.05, 4.69) is 17.3 Å². The second-order valence-electron chi connectivity index (χ2n) is 5.64. The van der Waals surface area contributed by atoms with Gasteiger partial charge in [0.2, 0.25) is 0 Å². The van der Waals surface area contributed by atoms with Crippen LogP contribution in [0.1, 0.15) is 32.6 Å². The minimum Gasteiger partial charge on any atom is -0.381 e.